The average Bonchev–Trinajstić information content (AvgIpc) is 3.11. The summed E-state index contributed by atoms with van der Waals surface area (Å²) in [7, 11) is -7.98. The summed E-state index contributed by atoms with van der Waals surface area (Å²) in [6, 6.07) is 16.9. The molecule has 2 aliphatic carbocycles. The Morgan fingerprint density at radius 1 is 0.596 bits per heavy atom. The first-order chi connectivity index (χ1) is 26.3. The molecule has 0 spiro atoms. The first-order valence-electron chi connectivity index (χ1n) is 16.0. The van der Waals surface area contributed by atoms with Gasteiger partial charge in [-0.2, -0.15) is 10.2 Å². The molecule has 57 heavy (non-hydrogen) atoms. The maximum absolute atomic E-state index is 12.4. The fraction of sp³-hybridized carbons (Fsp3) is 0.0556. The molecule has 2 amide bonds. The molecule has 21 heteroatoms. The van der Waals surface area contributed by atoms with E-state index in [-0.39, 0.29) is 74.7 Å². The molecule has 4 aromatic rings. The van der Waals surface area contributed by atoms with Gasteiger partial charge < -0.3 is 20.8 Å². The SMILES string of the molecule is CC(=O)Nc1cccc2c1/C(=N/Nc1cc(S(N)(=O)=O)ccc1O)C(=O)C=C2.CC(=O)Nc1cccc2c1/C(=N/Nc1cc(S(N)(=O)=O)ccc1O)C(=O)C=C2.[Cr].[H+]. The number of rotatable bonds is 8. The van der Waals surface area contributed by atoms with Crippen LogP contribution in [0, 0.1) is 0 Å². The summed E-state index contributed by atoms with van der Waals surface area (Å²) >= 11 is 0. The molecular weight excluding hydrogens is 821 g/mol. The molecule has 0 aliphatic heterocycles. The van der Waals surface area contributed by atoms with Crippen molar-refractivity contribution in [2.45, 2.75) is 23.6 Å². The summed E-state index contributed by atoms with van der Waals surface area (Å²) in [6.45, 7) is 2.68. The molecule has 2 aliphatic rings. The number of primary sulfonamides is 2. The Balaban J connectivity index is 0.000000300. The van der Waals surface area contributed by atoms with E-state index >= 15 is 0 Å². The number of nitrogens with zero attached hydrogens (tertiary/aromatic N) is 2. The third-order valence-corrected chi connectivity index (χ3v) is 9.58. The third kappa shape index (κ3) is 10.4. The standard InChI is InChI=1S/2C18H16N4O5S.Cr/c2*1-10(23)20-13-4-2-3-11-5-7-16(25)18(17(11)13)22-21-14-9-12(28(19,26)27)6-8-15(14)24;/h2*2-9,21,24H,1H3,(H,20,23)(H2,19,26,27);/p+1/b2*22-18+;. The fourth-order valence-corrected chi connectivity index (χ4v) is 6.37. The van der Waals surface area contributed by atoms with Crippen molar-refractivity contribution in [3.63, 3.8) is 0 Å². The van der Waals surface area contributed by atoms with Gasteiger partial charge >= 0.3 is 1.43 Å². The second kappa shape index (κ2) is 17.6. The van der Waals surface area contributed by atoms with Gasteiger partial charge in [0.05, 0.1) is 32.5 Å². The van der Waals surface area contributed by atoms with E-state index < -0.39 is 31.6 Å². The molecule has 0 atom stereocenters. The third-order valence-electron chi connectivity index (χ3n) is 7.75. The molecule has 0 unspecified atom stereocenters. The van der Waals surface area contributed by atoms with Crippen LogP contribution < -0.4 is 31.8 Å². The Kier molecular flexibility index (Phi) is 13.3. The number of phenols is 2. The minimum atomic E-state index is -3.99. The van der Waals surface area contributed by atoms with Gasteiger partial charge in [-0.05, 0) is 71.8 Å². The Morgan fingerprint density at radius 2 is 0.965 bits per heavy atom. The second-order valence-electron chi connectivity index (χ2n) is 11.9. The minimum absolute atomic E-state index is 0. The Morgan fingerprint density at radius 3 is 1.30 bits per heavy atom. The van der Waals surface area contributed by atoms with E-state index in [2.05, 4.69) is 31.7 Å². The average molecular weight is 854 g/mol. The molecule has 0 heterocycles. The first-order valence-corrected chi connectivity index (χ1v) is 19.1. The number of nitrogens with one attached hydrogen (secondary N) is 4. The van der Waals surface area contributed by atoms with Crippen LogP contribution >= 0.6 is 0 Å². The number of sulfonamides is 2. The number of ketones is 2. The predicted molar refractivity (Wildman–Crippen MR) is 210 cm³/mol. The van der Waals surface area contributed by atoms with Crippen LogP contribution in [-0.4, -0.2) is 61.9 Å². The number of nitrogens with two attached hydrogens (primary N) is 2. The number of phenolic OH excluding ortho intramolecular Hbond substituents is 2. The minimum Gasteiger partial charge on any atom is -0.506 e. The van der Waals surface area contributed by atoms with Crippen LogP contribution in [0.25, 0.3) is 12.2 Å². The van der Waals surface area contributed by atoms with Crippen molar-refractivity contribution in [1.82, 2.24) is 0 Å². The molecule has 18 nitrogen and oxygen atoms in total. The monoisotopic (exact) mass is 853 g/mol. The number of benzene rings is 4. The molecule has 0 aromatic heterocycles. The van der Waals surface area contributed by atoms with E-state index in [1.54, 1.807) is 48.6 Å². The van der Waals surface area contributed by atoms with Gasteiger partial charge in [-0.25, -0.2) is 27.1 Å². The zero-order chi connectivity index (χ0) is 40.9. The quantitative estimate of drug-likeness (QED) is 0.0938. The van der Waals surface area contributed by atoms with E-state index in [0.29, 0.717) is 33.6 Å². The van der Waals surface area contributed by atoms with Gasteiger partial charge in [-0.1, -0.05) is 36.4 Å². The number of carbonyl (C=O) groups is 4. The molecule has 0 saturated carbocycles. The maximum atomic E-state index is 12.4. The van der Waals surface area contributed by atoms with E-state index in [9.17, 15) is 46.2 Å². The van der Waals surface area contributed by atoms with Crippen LogP contribution in [0.15, 0.2) is 105 Å². The number of hydrogen-bond acceptors (Lipinski definition) is 14. The van der Waals surface area contributed by atoms with Crippen molar-refractivity contribution < 1.29 is 65.0 Å². The summed E-state index contributed by atoms with van der Waals surface area (Å²) in [5.41, 5.74) is 7.78. The van der Waals surface area contributed by atoms with Gasteiger partial charge in [0, 0.05) is 42.3 Å². The van der Waals surface area contributed by atoms with E-state index in [0.717, 1.165) is 36.4 Å². The van der Waals surface area contributed by atoms with E-state index in [1.165, 1.54) is 26.0 Å². The number of allylic oxidation sites excluding steroid dienone is 2. The smallest absolute Gasteiger partial charge is 0.506 e. The number of anilines is 4. The van der Waals surface area contributed by atoms with Gasteiger partial charge in [0.15, 0.2) is 0 Å². The van der Waals surface area contributed by atoms with Crippen molar-refractivity contribution in [3.05, 3.63) is 107 Å². The number of carbonyl (C=O) groups excluding carboxylic acids is 4. The molecule has 10 N–H and O–H groups in total. The van der Waals surface area contributed by atoms with Crippen LogP contribution in [0.2, 0.25) is 0 Å². The molecule has 294 valence electrons. The van der Waals surface area contributed by atoms with E-state index in [4.69, 9.17) is 10.3 Å². The summed E-state index contributed by atoms with van der Waals surface area (Å²) < 4.78 is 46.0. The fourth-order valence-electron chi connectivity index (χ4n) is 5.29. The number of amides is 2. The summed E-state index contributed by atoms with van der Waals surface area (Å²) in [6.07, 6.45) is 5.84. The number of aromatic hydroxyl groups is 2. The number of hydrogen-bond donors (Lipinski definition) is 8. The normalized spacial score (nSPS) is 14.4. The zero-order valence-corrected chi connectivity index (χ0v) is 32.6. The van der Waals surface area contributed by atoms with Crippen LogP contribution in [0.1, 0.15) is 37.5 Å². The van der Waals surface area contributed by atoms with Gasteiger partial charge in [0.25, 0.3) is 0 Å². The van der Waals surface area contributed by atoms with Gasteiger partial charge in [0.2, 0.25) is 43.4 Å². The van der Waals surface area contributed by atoms with Crippen molar-refractivity contribution in [1.29, 1.82) is 0 Å². The molecule has 0 bridgehead atoms. The Labute approximate surface area is 337 Å². The molecular formula is C36H33CrN8O10S2+. The van der Waals surface area contributed by atoms with Crippen LogP contribution in [0.3, 0.4) is 0 Å². The Hall–Kier alpha value is -6.47. The second-order valence-corrected chi connectivity index (χ2v) is 15.0. The van der Waals surface area contributed by atoms with Crippen molar-refractivity contribution in [2.24, 2.45) is 20.5 Å². The molecule has 4 aromatic carbocycles. The van der Waals surface area contributed by atoms with Crippen molar-refractivity contribution >= 4 is 89.8 Å². The van der Waals surface area contributed by atoms with Gasteiger partial charge in [0.1, 0.15) is 22.9 Å². The number of fused-ring (bicyclic) bond motifs is 2. The molecule has 0 saturated heterocycles. The summed E-state index contributed by atoms with van der Waals surface area (Å²) in [4.78, 5) is 47.2. The van der Waals surface area contributed by atoms with Crippen molar-refractivity contribution in [3.8, 4) is 11.5 Å². The van der Waals surface area contributed by atoms with Crippen LogP contribution in [0.5, 0.6) is 11.5 Å². The van der Waals surface area contributed by atoms with Gasteiger partial charge in [-0.15, -0.1) is 0 Å². The Bertz CT molecular complexity index is 2500. The maximum Gasteiger partial charge on any atom is 1.00 e. The zero-order valence-electron chi connectivity index (χ0n) is 30.7. The predicted octanol–water partition coefficient (Wildman–Crippen LogP) is 2.93. The first kappa shape index (κ1) is 43.3. The molecule has 6 rings (SSSR count). The van der Waals surface area contributed by atoms with E-state index in [1.807, 2.05) is 0 Å². The summed E-state index contributed by atoms with van der Waals surface area (Å²) in [5, 5.41) is 43.4. The number of hydrazone groups is 2. The van der Waals surface area contributed by atoms with Crippen molar-refractivity contribution in [2.75, 3.05) is 21.5 Å². The van der Waals surface area contributed by atoms with Crippen LogP contribution in [0.4, 0.5) is 22.7 Å². The summed E-state index contributed by atoms with van der Waals surface area (Å²) in [5.74, 6) is -2.07. The topological polar surface area (TPSA) is 302 Å². The van der Waals surface area contributed by atoms with Gasteiger partial charge in [-0.3, -0.25) is 30.0 Å². The molecule has 0 radical (unpaired) electrons. The van der Waals surface area contributed by atoms with Crippen LogP contribution in [-0.2, 0) is 56.6 Å². The molecule has 0 fully saturated rings. The largest absolute Gasteiger partial charge is 1.00 e.